The van der Waals surface area contributed by atoms with Gasteiger partial charge in [-0.15, -0.1) is 0 Å². The van der Waals surface area contributed by atoms with E-state index in [-0.39, 0.29) is 26.9 Å². The van der Waals surface area contributed by atoms with Gasteiger partial charge in [-0.1, -0.05) is 17.7 Å². The van der Waals surface area contributed by atoms with Crippen molar-refractivity contribution in [1.29, 1.82) is 0 Å². The first kappa shape index (κ1) is 23.2. The van der Waals surface area contributed by atoms with Crippen LogP contribution in [0, 0.1) is 12.7 Å². The lowest BCUT2D eigenvalue weighted by atomic mass is 10.1. The molecule has 1 N–H and O–H groups in total. The topological polar surface area (TPSA) is 88.6 Å². The van der Waals surface area contributed by atoms with Gasteiger partial charge in [0.1, 0.15) is 11.5 Å². The van der Waals surface area contributed by atoms with E-state index in [0.29, 0.717) is 32.0 Å². The van der Waals surface area contributed by atoms with E-state index < -0.39 is 21.6 Å². The van der Waals surface area contributed by atoms with Gasteiger partial charge in [0, 0.05) is 29.9 Å². The van der Waals surface area contributed by atoms with Gasteiger partial charge in [0.05, 0.1) is 29.5 Å². The van der Waals surface area contributed by atoms with Crippen molar-refractivity contribution in [3.63, 3.8) is 0 Å². The number of rotatable bonds is 6. The summed E-state index contributed by atoms with van der Waals surface area (Å²) in [5.41, 5.74) is 1.38. The summed E-state index contributed by atoms with van der Waals surface area (Å²) in [4.78, 5) is 18.6. The monoisotopic (exact) mass is 489 g/mol. The van der Waals surface area contributed by atoms with E-state index in [9.17, 15) is 17.6 Å². The number of ether oxygens (including phenoxy) is 1. The molecule has 1 aliphatic heterocycles. The molecule has 0 bridgehead atoms. The smallest absolute Gasteiger partial charge is 0.262 e. The van der Waals surface area contributed by atoms with E-state index in [1.807, 2.05) is 6.92 Å². The number of halogens is 2. The van der Waals surface area contributed by atoms with E-state index in [2.05, 4.69) is 9.71 Å². The Morgan fingerprint density at radius 2 is 1.88 bits per heavy atom. The van der Waals surface area contributed by atoms with Crippen LogP contribution in [-0.2, 0) is 14.8 Å². The van der Waals surface area contributed by atoms with Crippen LogP contribution in [-0.4, -0.2) is 45.5 Å². The van der Waals surface area contributed by atoms with Gasteiger partial charge in [0.15, 0.2) is 0 Å². The summed E-state index contributed by atoms with van der Waals surface area (Å²) in [5.74, 6) is -1.15. The van der Waals surface area contributed by atoms with Crippen molar-refractivity contribution < 1.29 is 22.3 Å². The maximum absolute atomic E-state index is 14.8. The van der Waals surface area contributed by atoms with Gasteiger partial charge >= 0.3 is 0 Å². The Hall–Kier alpha value is -3.01. The van der Waals surface area contributed by atoms with Gasteiger partial charge in [0.2, 0.25) is 5.78 Å². The minimum absolute atomic E-state index is 0.0180. The van der Waals surface area contributed by atoms with E-state index in [0.717, 1.165) is 11.6 Å². The molecule has 0 atom stereocenters. The molecule has 10 heteroatoms. The number of benzene rings is 2. The third-order valence-electron chi connectivity index (χ3n) is 5.20. The highest BCUT2D eigenvalue weighted by atomic mass is 35.5. The average molecular weight is 490 g/mol. The second kappa shape index (κ2) is 9.46. The first-order valence-electron chi connectivity index (χ1n) is 10.2. The molecule has 1 aromatic heterocycles. The summed E-state index contributed by atoms with van der Waals surface area (Å²) in [6, 6.07) is 11.2. The third kappa shape index (κ3) is 5.16. The van der Waals surface area contributed by atoms with Gasteiger partial charge < -0.3 is 9.64 Å². The van der Waals surface area contributed by atoms with Crippen molar-refractivity contribution in [1.82, 2.24) is 4.98 Å². The molecule has 0 aliphatic carbocycles. The summed E-state index contributed by atoms with van der Waals surface area (Å²) in [7, 11) is -4.19. The Kier molecular flexibility index (Phi) is 6.64. The van der Waals surface area contributed by atoms with Crippen LogP contribution in [0.3, 0.4) is 0 Å². The fourth-order valence-electron chi connectivity index (χ4n) is 3.45. The zero-order chi connectivity index (χ0) is 23.6. The number of morpholine rings is 1. The number of carbonyl (C=O) groups excluding carboxylic acids is 1. The summed E-state index contributed by atoms with van der Waals surface area (Å²) >= 11 is 6.06. The SMILES string of the molecule is Cc1ccc(C(=O)c2cc(Cl)ccc2NS(=O)(=O)c2ccc(N3CCOCC3)c(F)c2)nc1. The molecule has 3 aromatic rings. The molecule has 0 radical (unpaired) electrons. The molecule has 172 valence electrons. The predicted molar refractivity (Wildman–Crippen MR) is 124 cm³/mol. The lowest BCUT2D eigenvalue weighted by molar-refractivity contribution is 0.103. The summed E-state index contributed by atoms with van der Waals surface area (Å²) in [5, 5.41) is 0.259. The third-order valence-corrected chi connectivity index (χ3v) is 6.79. The van der Waals surface area contributed by atoms with Gasteiger partial charge in [-0.25, -0.2) is 12.8 Å². The Bertz CT molecular complexity index is 1290. The number of pyridine rings is 1. The van der Waals surface area contributed by atoms with Crippen molar-refractivity contribution in [3.05, 3.63) is 82.4 Å². The van der Waals surface area contributed by atoms with E-state index in [1.54, 1.807) is 23.2 Å². The lowest BCUT2D eigenvalue weighted by Gasteiger charge is -2.29. The highest BCUT2D eigenvalue weighted by Crippen LogP contribution is 2.28. The summed E-state index contributed by atoms with van der Waals surface area (Å²) in [6.07, 6.45) is 1.54. The predicted octanol–water partition coefficient (Wildman–Crippen LogP) is 4.05. The fourth-order valence-corrected chi connectivity index (χ4v) is 4.72. The normalized spacial score (nSPS) is 14.2. The van der Waals surface area contributed by atoms with Crippen LogP contribution in [0.25, 0.3) is 0 Å². The van der Waals surface area contributed by atoms with Crippen LogP contribution in [0.4, 0.5) is 15.8 Å². The molecule has 2 aromatic carbocycles. The molecule has 1 fully saturated rings. The molecule has 2 heterocycles. The molecule has 0 amide bonds. The number of hydrogen-bond acceptors (Lipinski definition) is 6. The van der Waals surface area contributed by atoms with Gasteiger partial charge in [0.25, 0.3) is 10.0 Å². The molecule has 0 spiro atoms. The standard InChI is InChI=1S/C23H21ClFN3O4S/c1-15-2-5-21(26-14-15)23(29)18-12-16(24)3-6-20(18)27-33(30,31)17-4-7-22(19(25)13-17)28-8-10-32-11-9-28/h2-7,12-14,27H,8-11H2,1H3. The van der Waals surface area contributed by atoms with Crippen molar-refractivity contribution >= 4 is 38.8 Å². The van der Waals surface area contributed by atoms with Crippen molar-refractivity contribution in [2.45, 2.75) is 11.8 Å². The van der Waals surface area contributed by atoms with E-state index in [4.69, 9.17) is 16.3 Å². The number of nitrogens with one attached hydrogen (secondary N) is 1. The number of aromatic nitrogens is 1. The fraction of sp³-hybridized carbons (Fsp3) is 0.217. The lowest BCUT2D eigenvalue weighted by Crippen LogP contribution is -2.36. The second-order valence-corrected chi connectivity index (χ2v) is 9.68. The maximum Gasteiger partial charge on any atom is 0.262 e. The van der Waals surface area contributed by atoms with Crippen LogP contribution in [0.5, 0.6) is 0 Å². The zero-order valence-electron chi connectivity index (χ0n) is 17.7. The van der Waals surface area contributed by atoms with Crippen LogP contribution < -0.4 is 9.62 Å². The molecule has 0 saturated carbocycles. The van der Waals surface area contributed by atoms with Crippen LogP contribution in [0.2, 0.25) is 5.02 Å². The quantitative estimate of drug-likeness (QED) is 0.525. The largest absolute Gasteiger partial charge is 0.378 e. The van der Waals surface area contributed by atoms with E-state index in [1.165, 1.54) is 30.3 Å². The highest BCUT2D eigenvalue weighted by molar-refractivity contribution is 7.92. The molecule has 4 rings (SSSR count). The van der Waals surface area contributed by atoms with Gasteiger partial charge in [-0.05, 0) is 55.0 Å². The highest BCUT2D eigenvalue weighted by Gasteiger charge is 2.23. The first-order valence-corrected chi connectivity index (χ1v) is 12.0. The van der Waals surface area contributed by atoms with Crippen molar-refractivity contribution in [2.75, 3.05) is 35.9 Å². The molecule has 1 aliphatic rings. The Balaban J connectivity index is 1.64. The van der Waals surface area contributed by atoms with Gasteiger partial charge in [-0.2, -0.15) is 0 Å². The van der Waals surface area contributed by atoms with Crippen molar-refractivity contribution in [3.8, 4) is 0 Å². The van der Waals surface area contributed by atoms with Crippen molar-refractivity contribution in [2.24, 2.45) is 0 Å². The number of aryl methyl sites for hydroxylation is 1. The summed E-state index contributed by atoms with van der Waals surface area (Å²) < 4.78 is 48.4. The second-order valence-electron chi connectivity index (χ2n) is 7.56. The Morgan fingerprint density at radius 1 is 1.12 bits per heavy atom. The number of hydrogen-bond donors (Lipinski definition) is 1. The molecule has 1 saturated heterocycles. The number of nitrogens with zero attached hydrogens (tertiary/aromatic N) is 2. The number of ketones is 1. The zero-order valence-corrected chi connectivity index (χ0v) is 19.3. The Morgan fingerprint density at radius 3 is 2.55 bits per heavy atom. The first-order chi connectivity index (χ1) is 15.7. The minimum atomic E-state index is -4.19. The number of anilines is 2. The van der Waals surface area contributed by atoms with E-state index >= 15 is 0 Å². The molecule has 33 heavy (non-hydrogen) atoms. The number of sulfonamides is 1. The molecule has 0 unspecified atom stereocenters. The van der Waals surface area contributed by atoms with Gasteiger partial charge in [-0.3, -0.25) is 14.5 Å². The van der Waals surface area contributed by atoms with Crippen LogP contribution in [0.1, 0.15) is 21.6 Å². The maximum atomic E-state index is 14.8. The Labute approximate surface area is 196 Å². The molecular weight excluding hydrogens is 469 g/mol. The van der Waals surface area contributed by atoms with Crippen LogP contribution in [0.15, 0.2) is 59.6 Å². The van der Waals surface area contributed by atoms with Crippen LogP contribution >= 0.6 is 11.6 Å². The summed E-state index contributed by atoms with van der Waals surface area (Å²) in [6.45, 7) is 3.83. The minimum Gasteiger partial charge on any atom is -0.378 e. The average Bonchev–Trinajstić information content (AvgIpc) is 2.80. The molecule has 7 nitrogen and oxygen atoms in total. The molecular formula is C23H21ClFN3O4S. The number of carbonyl (C=O) groups is 1.